The molecule has 3 aromatic rings. The smallest absolute Gasteiger partial charge is 0.239 e. The maximum absolute atomic E-state index is 13.7. The summed E-state index contributed by atoms with van der Waals surface area (Å²) in [5.41, 5.74) is -1.01. The summed E-state index contributed by atoms with van der Waals surface area (Å²) < 4.78 is 28.0. The van der Waals surface area contributed by atoms with Crippen LogP contribution in [0.25, 0.3) is 22.3 Å². The van der Waals surface area contributed by atoms with Crippen LogP contribution >= 0.6 is 0 Å². The zero-order chi connectivity index (χ0) is 30.5. The van der Waals surface area contributed by atoms with Crippen LogP contribution in [0.3, 0.4) is 0 Å². The highest BCUT2D eigenvalue weighted by molar-refractivity contribution is 5.88. The Labute approximate surface area is 236 Å². The van der Waals surface area contributed by atoms with E-state index in [9.17, 15) is 50.8 Å². The van der Waals surface area contributed by atoms with Gasteiger partial charge in [0.25, 0.3) is 0 Å². The summed E-state index contributed by atoms with van der Waals surface area (Å²) in [5, 5.41) is 90.7. The number of aliphatic hydroxyl groups is 7. The molecule has 2 fully saturated rings. The lowest BCUT2D eigenvalue weighted by molar-refractivity contribution is -0.277. The molecule has 15 heteroatoms. The first kappa shape index (κ1) is 30.0. The van der Waals surface area contributed by atoms with Gasteiger partial charge in [0.1, 0.15) is 70.9 Å². The molecule has 5 rings (SSSR count). The molecule has 0 aliphatic carbocycles. The van der Waals surface area contributed by atoms with Crippen molar-refractivity contribution >= 4 is 11.0 Å². The molecule has 2 saturated heterocycles. The second kappa shape index (κ2) is 11.6. The number of aliphatic hydroxyl groups excluding tert-OH is 7. The molecular formula is C27H30O15. The van der Waals surface area contributed by atoms with Crippen molar-refractivity contribution in [2.24, 2.45) is 0 Å². The first-order chi connectivity index (χ1) is 19.9. The minimum atomic E-state index is -1.87. The van der Waals surface area contributed by atoms with E-state index in [0.717, 1.165) is 6.07 Å². The summed E-state index contributed by atoms with van der Waals surface area (Å²) in [5.74, 6) is -1.77. The third-order valence-electron chi connectivity index (χ3n) is 7.18. The van der Waals surface area contributed by atoms with E-state index >= 15 is 0 Å². The molecule has 0 unspecified atom stereocenters. The van der Waals surface area contributed by atoms with Crippen molar-refractivity contribution in [1.29, 1.82) is 0 Å². The lowest BCUT2D eigenvalue weighted by Gasteiger charge is -2.39. The first-order valence-corrected chi connectivity index (χ1v) is 12.9. The molecule has 10 atom stereocenters. The van der Waals surface area contributed by atoms with E-state index in [0.29, 0.717) is 0 Å². The molecule has 2 aliphatic rings. The molecule has 9 N–H and O–H groups in total. The average molecular weight is 595 g/mol. The normalized spacial score (nSPS) is 33.4. The fourth-order valence-corrected chi connectivity index (χ4v) is 4.76. The van der Waals surface area contributed by atoms with Crippen molar-refractivity contribution in [3.63, 3.8) is 0 Å². The Balaban J connectivity index is 1.58. The van der Waals surface area contributed by atoms with Crippen LogP contribution in [0.2, 0.25) is 0 Å². The number of rotatable bonds is 6. The minimum absolute atomic E-state index is 0.112. The summed E-state index contributed by atoms with van der Waals surface area (Å²) in [6.45, 7) is 0.702. The zero-order valence-corrected chi connectivity index (χ0v) is 21.9. The Morgan fingerprint density at radius 3 is 2.05 bits per heavy atom. The highest BCUT2D eigenvalue weighted by Gasteiger charge is 2.46. The Morgan fingerprint density at radius 2 is 1.40 bits per heavy atom. The van der Waals surface area contributed by atoms with Gasteiger partial charge in [0.2, 0.25) is 23.8 Å². The number of aromatic hydroxyl groups is 2. The molecule has 228 valence electrons. The van der Waals surface area contributed by atoms with Crippen molar-refractivity contribution in [3.8, 4) is 34.3 Å². The highest BCUT2D eigenvalue weighted by atomic mass is 16.7. The number of ether oxygens (including phenoxy) is 4. The van der Waals surface area contributed by atoms with Gasteiger partial charge in [0.05, 0.1) is 12.7 Å². The molecule has 3 heterocycles. The number of fused-ring (bicyclic) bond motifs is 1. The van der Waals surface area contributed by atoms with Crippen LogP contribution in [0, 0.1) is 0 Å². The maximum Gasteiger partial charge on any atom is 0.239 e. The molecule has 0 saturated carbocycles. The van der Waals surface area contributed by atoms with E-state index in [1.54, 1.807) is 0 Å². The standard InChI is InChI=1S/C27H30O15/c1-9-17(31)20(34)22(36)26(38-9)39-12-6-13(30)16-14(7-12)40-24(10-2-4-11(29)5-3-10)25(19(16)33)42-27-23(37)21(35)18(32)15(8-28)41-27/h2-7,9,15,17-18,20-23,26-32,34-37H,8H2,1H3/t9-,15-,17-,18-,20-,21-,22-,23-,26+,27+/m1/s1. The highest BCUT2D eigenvalue weighted by Crippen LogP contribution is 2.38. The van der Waals surface area contributed by atoms with Crippen LogP contribution in [0.5, 0.6) is 23.0 Å². The maximum atomic E-state index is 13.7. The van der Waals surface area contributed by atoms with Crippen molar-refractivity contribution in [2.45, 2.75) is 68.3 Å². The number of phenolic OH excluding ortho intramolecular Hbond substituents is 2. The molecule has 0 radical (unpaired) electrons. The summed E-state index contributed by atoms with van der Waals surface area (Å²) >= 11 is 0. The monoisotopic (exact) mass is 594 g/mol. The summed E-state index contributed by atoms with van der Waals surface area (Å²) in [7, 11) is 0. The topological polar surface area (TPSA) is 249 Å². The number of hydrogen-bond acceptors (Lipinski definition) is 15. The second-order valence-electron chi connectivity index (χ2n) is 10.1. The Kier molecular flexibility index (Phi) is 8.30. The molecule has 0 spiro atoms. The molecule has 0 amide bonds. The lowest BCUT2D eigenvalue weighted by Crippen LogP contribution is -2.60. The van der Waals surface area contributed by atoms with E-state index in [-0.39, 0.29) is 28.4 Å². The number of phenols is 2. The van der Waals surface area contributed by atoms with Crippen molar-refractivity contribution in [2.75, 3.05) is 6.61 Å². The van der Waals surface area contributed by atoms with Gasteiger partial charge in [-0.25, -0.2) is 0 Å². The van der Waals surface area contributed by atoms with Gasteiger partial charge in [-0.3, -0.25) is 4.79 Å². The fourth-order valence-electron chi connectivity index (χ4n) is 4.76. The van der Waals surface area contributed by atoms with Crippen LogP contribution in [0.4, 0.5) is 0 Å². The minimum Gasteiger partial charge on any atom is -0.508 e. The Morgan fingerprint density at radius 1 is 0.786 bits per heavy atom. The van der Waals surface area contributed by atoms with Crippen LogP contribution < -0.4 is 14.9 Å². The van der Waals surface area contributed by atoms with Crippen molar-refractivity contribution in [1.82, 2.24) is 0 Å². The van der Waals surface area contributed by atoms with E-state index in [1.165, 1.54) is 37.3 Å². The molecule has 15 nitrogen and oxygen atoms in total. The first-order valence-electron chi connectivity index (χ1n) is 12.9. The quantitative estimate of drug-likeness (QED) is 0.154. The summed E-state index contributed by atoms with van der Waals surface area (Å²) in [4.78, 5) is 13.7. The molecule has 2 aliphatic heterocycles. The van der Waals surface area contributed by atoms with Crippen LogP contribution in [0.1, 0.15) is 6.92 Å². The molecule has 42 heavy (non-hydrogen) atoms. The second-order valence-corrected chi connectivity index (χ2v) is 10.1. The van der Waals surface area contributed by atoms with Crippen LogP contribution in [0.15, 0.2) is 45.6 Å². The van der Waals surface area contributed by atoms with Crippen LogP contribution in [-0.2, 0) is 9.47 Å². The van der Waals surface area contributed by atoms with E-state index in [2.05, 4.69) is 0 Å². The summed E-state index contributed by atoms with van der Waals surface area (Å²) in [6, 6.07) is 7.53. The molecular weight excluding hydrogens is 564 g/mol. The molecule has 1 aromatic heterocycles. The lowest BCUT2D eigenvalue weighted by atomic mass is 9.99. The molecule has 0 bridgehead atoms. The van der Waals surface area contributed by atoms with Gasteiger partial charge in [0, 0.05) is 17.7 Å². The predicted molar refractivity (Wildman–Crippen MR) is 139 cm³/mol. The van der Waals surface area contributed by atoms with Crippen LogP contribution in [-0.4, -0.2) is 114 Å². The number of hydrogen-bond donors (Lipinski definition) is 9. The van der Waals surface area contributed by atoms with E-state index in [1.807, 2.05) is 0 Å². The van der Waals surface area contributed by atoms with Gasteiger partial charge in [0.15, 0.2) is 5.76 Å². The number of benzene rings is 2. The van der Waals surface area contributed by atoms with Gasteiger partial charge in [-0.1, -0.05) is 0 Å². The van der Waals surface area contributed by atoms with Gasteiger partial charge >= 0.3 is 0 Å². The van der Waals surface area contributed by atoms with E-state index in [4.69, 9.17) is 23.4 Å². The third-order valence-corrected chi connectivity index (χ3v) is 7.18. The van der Waals surface area contributed by atoms with Crippen molar-refractivity contribution in [3.05, 3.63) is 46.6 Å². The fraction of sp³-hybridized carbons (Fsp3) is 0.444. The Bertz CT molecular complexity index is 1470. The zero-order valence-electron chi connectivity index (χ0n) is 21.9. The SMILES string of the molecule is C[C@H]1O[C@@H](Oc2cc(O)c3c(=O)c(O[C@@H]4O[C@H](CO)[C@@H](O)[C@@H](O)[C@H]4O)c(-c4ccc(O)cc4)oc3c2)[C@H](O)[C@H](O)[C@@H]1O. The van der Waals surface area contributed by atoms with Gasteiger partial charge in [-0.05, 0) is 31.2 Å². The largest absolute Gasteiger partial charge is 0.508 e. The van der Waals surface area contributed by atoms with Gasteiger partial charge in [-0.15, -0.1) is 0 Å². The summed E-state index contributed by atoms with van der Waals surface area (Å²) in [6.07, 6.45) is -15.5. The van der Waals surface area contributed by atoms with E-state index < -0.39 is 90.3 Å². The third kappa shape index (κ3) is 5.37. The van der Waals surface area contributed by atoms with Gasteiger partial charge in [-0.2, -0.15) is 0 Å². The molecule has 2 aromatic carbocycles. The predicted octanol–water partition coefficient (Wildman–Crippen LogP) is -1.74. The average Bonchev–Trinajstić information content (AvgIpc) is 2.96. The Hall–Kier alpha value is -3.51. The van der Waals surface area contributed by atoms with Gasteiger partial charge < -0.3 is 69.3 Å². The van der Waals surface area contributed by atoms with Crippen molar-refractivity contribution < 1.29 is 69.3 Å².